The fourth-order valence-corrected chi connectivity index (χ4v) is 4.38. The minimum atomic E-state index is -0.877. The van der Waals surface area contributed by atoms with Crippen LogP contribution in [0, 0.1) is 12.8 Å². The molecule has 1 fully saturated rings. The van der Waals surface area contributed by atoms with Gasteiger partial charge < -0.3 is 20.1 Å². The molecule has 0 radical (unpaired) electrons. The third kappa shape index (κ3) is 2.94. The standard InChI is InChI=1S/C22H24N2O4/c1-14-7-3-5-9-17(14)23-20(26)19-16-13-22(2,24(11-12-25)21(19)27)28-18-10-6-4-8-15(16)18/h3-10,16,19,25H,11-13H2,1-2H3,(H,23,26)/t16-,19?,22+/m0/s1. The van der Waals surface area contributed by atoms with Crippen LogP contribution in [0.2, 0.25) is 0 Å². The quantitative estimate of drug-likeness (QED) is 0.800. The number of carbonyl (C=O) groups excluding carboxylic acids is 2. The summed E-state index contributed by atoms with van der Waals surface area (Å²) in [6, 6.07) is 15.1. The van der Waals surface area contributed by atoms with Crippen LogP contribution >= 0.6 is 0 Å². The second-order valence-electron chi connectivity index (χ2n) is 7.62. The number of aliphatic hydroxyl groups excluding tert-OH is 1. The highest BCUT2D eigenvalue weighted by atomic mass is 16.5. The van der Waals surface area contributed by atoms with Gasteiger partial charge in [0.05, 0.1) is 6.61 Å². The van der Waals surface area contributed by atoms with Gasteiger partial charge in [-0.25, -0.2) is 0 Å². The van der Waals surface area contributed by atoms with Crippen molar-refractivity contribution in [3.63, 3.8) is 0 Å². The van der Waals surface area contributed by atoms with Crippen LogP contribution in [0.4, 0.5) is 5.69 Å². The van der Waals surface area contributed by atoms with E-state index in [1.165, 1.54) is 4.90 Å². The van der Waals surface area contributed by atoms with E-state index < -0.39 is 11.6 Å². The number of aliphatic hydroxyl groups is 1. The molecule has 1 saturated heterocycles. The number of nitrogens with zero attached hydrogens (tertiary/aromatic N) is 1. The first-order valence-electron chi connectivity index (χ1n) is 9.51. The highest BCUT2D eigenvalue weighted by Crippen LogP contribution is 2.50. The van der Waals surface area contributed by atoms with Gasteiger partial charge in [-0.05, 0) is 37.1 Å². The van der Waals surface area contributed by atoms with Gasteiger partial charge in [0.25, 0.3) is 0 Å². The first kappa shape index (κ1) is 18.5. The minimum Gasteiger partial charge on any atom is -0.468 e. The van der Waals surface area contributed by atoms with Crippen molar-refractivity contribution >= 4 is 17.5 Å². The molecule has 2 aliphatic rings. The summed E-state index contributed by atoms with van der Waals surface area (Å²) in [6.07, 6.45) is 0.502. The lowest BCUT2D eigenvalue weighted by molar-refractivity contribution is -0.176. The Hall–Kier alpha value is -2.86. The number of β-amino-alcohol motifs (C(OH)–C–C–N with tert-alkyl or cyclic N) is 1. The molecule has 2 aromatic rings. The molecule has 0 saturated carbocycles. The van der Waals surface area contributed by atoms with E-state index in [1.54, 1.807) is 0 Å². The van der Waals surface area contributed by atoms with Gasteiger partial charge in [0.2, 0.25) is 11.8 Å². The lowest BCUT2D eigenvalue weighted by Gasteiger charge is -2.52. The number of hydrogen-bond donors (Lipinski definition) is 2. The number of aryl methyl sites for hydroxylation is 1. The van der Waals surface area contributed by atoms with Gasteiger partial charge in [-0.2, -0.15) is 0 Å². The van der Waals surface area contributed by atoms with E-state index in [2.05, 4.69) is 5.32 Å². The molecule has 1 unspecified atom stereocenters. The van der Waals surface area contributed by atoms with E-state index in [9.17, 15) is 14.7 Å². The van der Waals surface area contributed by atoms with Gasteiger partial charge in [-0.1, -0.05) is 36.4 Å². The molecule has 2 aliphatic heterocycles. The topological polar surface area (TPSA) is 78.9 Å². The van der Waals surface area contributed by atoms with Crippen molar-refractivity contribution < 1.29 is 19.4 Å². The Kier molecular flexibility index (Phi) is 4.59. The summed E-state index contributed by atoms with van der Waals surface area (Å²) in [5.74, 6) is -1.10. The number of benzene rings is 2. The van der Waals surface area contributed by atoms with Crippen molar-refractivity contribution in [3.8, 4) is 5.75 Å². The maximum absolute atomic E-state index is 13.3. The van der Waals surface area contributed by atoms with Crippen molar-refractivity contribution in [3.05, 3.63) is 59.7 Å². The molecule has 146 valence electrons. The Morgan fingerprint density at radius 1 is 1.25 bits per heavy atom. The first-order chi connectivity index (χ1) is 13.4. The lowest BCUT2D eigenvalue weighted by Crippen LogP contribution is -2.64. The summed E-state index contributed by atoms with van der Waals surface area (Å²) in [7, 11) is 0. The number of fused-ring (bicyclic) bond motifs is 4. The number of nitrogens with one attached hydrogen (secondary N) is 1. The van der Waals surface area contributed by atoms with E-state index in [-0.39, 0.29) is 30.9 Å². The molecule has 28 heavy (non-hydrogen) atoms. The highest BCUT2D eigenvalue weighted by Gasteiger charge is 2.55. The van der Waals surface area contributed by atoms with Crippen LogP contribution in [0.25, 0.3) is 0 Å². The van der Waals surface area contributed by atoms with Gasteiger partial charge in [-0.15, -0.1) is 0 Å². The van der Waals surface area contributed by atoms with Crippen molar-refractivity contribution in [1.29, 1.82) is 0 Å². The maximum Gasteiger partial charge on any atom is 0.238 e. The van der Waals surface area contributed by atoms with Crippen LogP contribution in [-0.2, 0) is 9.59 Å². The number of rotatable bonds is 4. The summed E-state index contributed by atoms with van der Waals surface area (Å²) in [5.41, 5.74) is 1.63. The van der Waals surface area contributed by atoms with Crippen LogP contribution in [0.3, 0.4) is 0 Å². The van der Waals surface area contributed by atoms with E-state index in [0.717, 1.165) is 11.1 Å². The average molecular weight is 380 g/mol. The Morgan fingerprint density at radius 2 is 1.96 bits per heavy atom. The predicted octanol–water partition coefficient (Wildman–Crippen LogP) is 2.67. The van der Waals surface area contributed by atoms with E-state index in [0.29, 0.717) is 17.9 Å². The average Bonchev–Trinajstić information content (AvgIpc) is 2.67. The van der Waals surface area contributed by atoms with Gasteiger partial charge in [0, 0.05) is 24.6 Å². The maximum atomic E-state index is 13.3. The lowest BCUT2D eigenvalue weighted by atomic mass is 9.73. The monoisotopic (exact) mass is 380 g/mol. The normalized spacial score (nSPS) is 25.7. The van der Waals surface area contributed by atoms with Gasteiger partial charge >= 0.3 is 0 Å². The molecule has 6 heteroatoms. The zero-order valence-electron chi connectivity index (χ0n) is 16.0. The molecule has 2 N–H and O–H groups in total. The second-order valence-corrected chi connectivity index (χ2v) is 7.62. The van der Waals surface area contributed by atoms with E-state index >= 15 is 0 Å². The Labute approximate surface area is 164 Å². The van der Waals surface area contributed by atoms with E-state index in [4.69, 9.17) is 4.74 Å². The smallest absolute Gasteiger partial charge is 0.238 e. The van der Waals surface area contributed by atoms with Crippen LogP contribution in [0.5, 0.6) is 5.75 Å². The molecular weight excluding hydrogens is 356 g/mol. The molecule has 0 spiro atoms. The molecule has 0 aliphatic carbocycles. The molecule has 4 rings (SSSR count). The number of carbonyl (C=O) groups is 2. The van der Waals surface area contributed by atoms with Crippen molar-refractivity contribution in [1.82, 2.24) is 4.90 Å². The van der Waals surface area contributed by atoms with Crippen molar-refractivity contribution in [2.45, 2.75) is 31.9 Å². The third-order valence-electron chi connectivity index (χ3n) is 5.76. The van der Waals surface area contributed by atoms with Gasteiger partial charge in [0.15, 0.2) is 5.72 Å². The second kappa shape index (κ2) is 6.95. The number of hydrogen-bond acceptors (Lipinski definition) is 4. The molecule has 2 heterocycles. The van der Waals surface area contributed by atoms with Crippen molar-refractivity contribution in [2.24, 2.45) is 5.92 Å². The largest absolute Gasteiger partial charge is 0.468 e. The molecule has 0 aromatic heterocycles. The number of likely N-dealkylation sites (tertiary alicyclic amines) is 1. The Morgan fingerprint density at radius 3 is 2.71 bits per heavy atom. The SMILES string of the molecule is Cc1ccccc1NC(=O)C1C(=O)N(CCO)[C@@]2(C)C[C@H]1c1ccccc1O2. The third-order valence-corrected chi connectivity index (χ3v) is 5.76. The molecule has 2 bridgehead atoms. The summed E-state index contributed by atoms with van der Waals surface area (Å²) in [4.78, 5) is 28.1. The Balaban J connectivity index is 1.74. The summed E-state index contributed by atoms with van der Waals surface area (Å²) in [6.45, 7) is 3.69. The molecule has 6 nitrogen and oxygen atoms in total. The van der Waals surface area contributed by atoms with Crippen LogP contribution in [-0.4, -0.2) is 40.7 Å². The molecular formula is C22H24N2O4. The number of piperidine rings is 1. The Bertz CT molecular complexity index is 928. The van der Waals surface area contributed by atoms with Crippen LogP contribution in [0.1, 0.15) is 30.4 Å². The van der Waals surface area contributed by atoms with Crippen molar-refractivity contribution in [2.75, 3.05) is 18.5 Å². The number of para-hydroxylation sites is 2. The number of anilines is 1. The summed E-state index contributed by atoms with van der Waals surface area (Å²) in [5, 5.41) is 12.4. The van der Waals surface area contributed by atoms with Crippen LogP contribution in [0.15, 0.2) is 48.5 Å². The predicted molar refractivity (Wildman–Crippen MR) is 105 cm³/mol. The minimum absolute atomic E-state index is 0.123. The summed E-state index contributed by atoms with van der Waals surface area (Å²) < 4.78 is 6.15. The number of ether oxygens (including phenoxy) is 1. The van der Waals surface area contributed by atoms with Gasteiger partial charge in [-0.3, -0.25) is 9.59 Å². The molecule has 2 amide bonds. The number of amides is 2. The van der Waals surface area contributed by atoms with Crippen LogP contribution < -0.4 is 10.1 Å². The fourth-order valence-electron chi connectivity index (χ4n) is 4.38. The zero-order chi connectivity index (χ0) is 19.9. The molecule has 3 atom stereocenters. The van der Waals surface area contributed by atoms with E-state index in [1.807, 2.05) is 62.4 Å². The zero-order valence-corrected chi connectivity index (χ0v) is 16.0. The first-order valence-corrected chi connectivity index (χ1v) is 9.51. The highest BCUT2D eigenvalue weighted by molar-refractivity contribution is 6.08. The summed E-state index contributed by atoms with van der Waals surface area (Å²) >= 11 is 0. The fraction of sp³-hybridized carbons (Fsp3) is 0.364. The molecule has 2 aromatic carbocycles. The van der Waals surface area contributed by atoms with Gasteiger partial charge in [0.1, 0.15) is 11.7 Å².